The first kappa shape index (κ1) is 30.9. The van der Waals surface area contributed by atoms with E-state index in [1.165, 1.54) is 47.5 Å². The van der Waals surface area contributed by atoms with E-state index in [1.54, 1.807) is 0 Å². The maximum atomic E-state index is 6.26. The molecular formula is C48H32N4OS. The third-order valence-electron chi connectivity index (χ3n) is 10.6. The number of para-hydroxylation sites is 2. The lowest BCUT2D eigenvalue weighted by molar-refractivity contribution is 0.669. The number of aryl methyl sites for hydroxylation is 1. The predicted molar refractivity (Wildman–Crippen MR) is 225 cm³/mol. The van der Waals surface area contributed by atoms with Crippen LogP contribution in [0.2, 0.25) is 0 Å². The van der Waals surface area contributed by atoms with Crippen molar-refractivity contribution in [1.29, 1.82) is 0 Å². The van der Waals surface area contributed by atoms with Crippen molar-refractivity contribution >= 4 is 75.3 Å². The fraction of sp³-hybridized carbons (Fsp3) is 0.0625. The van der Waals surface area contributed by atoms with Crippen molar-refractivity contribution in [1.82, 2.24) is 19.5 Å². The largest absolute Gasteiger partial charge is 0.456 e. The van der Waals surface area contributed by atoms with Gasteiger partial charge in [-0.05, 0) is 66.6 Å². The van der Waals surface area contributed by atoms with Crippen LogP contribution in [0.15, 0.2) is 156 Å². The Kier molecular flexibility index (Phi) is 7.00. The van der Waals surface area contributed by atoms with Gasteiger partial charge in [0, 0.05) is 64.1 Å². The molecule has 256 valence electrons. The highest BCUT2D eigenvalue weighted by atomic mass is 32.1. The number of rotatable bonds is 6. The molecule has 0 saturated heterocycles. The molecule has 54 heavy (non-hydrogen) atoms. The molecule has 5 nitrogen and oxygen atoms in total. The van der Waals surface area contributed by atoms with Gasteiger partial charge in [0.2, 0.25) is 0 Å². The van der Waals surface area contributed by atoms with Crippen molar-refractivity contribution in [2.24, 2.45) is 0 Å². The summed E-state index contributed by atoms with van der Waals surface area (Å²) in [4.78, 5) is 15.4. The van der Waals surface area contributed by atoms with Crippen LogP contribution in [-0.2, 0) is 6.42 Å². The third kappa shape index (κ3) is 4.80. The van der Waals surface area contributed by atoms with Gasteiger partial charge < -0.3 is 8.98 Å². The van der Waals surface area contributed by atoms with Crippen LogP contribution < -0.4 is 0 Å². The zero-order valence-corrected chi connectivity index (χ0v) is 30.3. The van der Waals surface area contributed by atoms with E-state index in [9.17, 15) is 0 Å². The van der Waals surface area contributed by atoms with Crippen LogP contribution in [0.4, 0.5) is 0 Å². The van der Waals surface area contributed by atoms with Gasteiger partial charge >= 0.3 is 0 Å². The van der Waals surface area contributed by atoms with Crippen molar-refractivity contribution in [3.05, 3.63) is 157 Å². The monoisotopic (exact) mass is 712 g/mol. The number of hydrogen-bond acceptors (Lipinski definition) is 5. The van der Waals surface area contributed by atoms with Crippen molar-refractivity contribution in [2.75, 3.05) is 0 Å². The Labute approximate surface area is 314 Å². The smallest absolute Gasteiger partial charge is 0.164 e. The van der Waals surface area contributed by atoms with Crippen LogP contribution in [-0.4, -0.2) is 19.5 Å². The number of nitrogens with zero attached hydrogens (tertiary/aromatic N) is 4. The molecule has 0 fully saturated rings. The molecule has 0 bridgehead atoms. The summed E-state index contributed by atoms with van der Waals surface area (Å²) in [6.07, 6.45) is 2.14. The number of fused-ring (bicyclic) bond motifs is 10. The normalized spacial score (nSPS) is 11.9. The van der Waals surface area contributed by atoms with E-state index in [2.05, 4.69) is 133 Å². The molecule has 0 unspecified atom stereocenters. The standard InChI is InChI=1S/C48H32N4OS/c1-2-10-29-19-21-30(22-20-29)46-49-47(51-48(50-46)37-14-9-17-41-43(37)36-13-4-7-16-40(36)53-41)31-23-25-32(26-24-31)52-38-15-6-3-12-35(38)44-39(52)28-27-34-33-11-5-8-18-42(33)54-45(34)44/h3-9,11-28H,2,10H2,1H3. The Bertz CT molecular complexity index is 3220. The summed E-state index contributed by atoms with van der Waals surface area (Å²) in [5, 5.41) is 7.22. The number of aromatic nitrogens is 4. The van der Waals surface area contributed by atoms with E-state index in [0.717, 1.165) is 57.2 Å². The van der Waals surface area contributed by atoms with E-state index < -0.39 is 0 Å². The Morgan fingerprint density at radius 2 is 1.19 bits per heavy atom. The van der Waals surface area contributed by atoms with Crippen LogP contribution in [0.1, 0.15) is 18.9 Å². The fourth-order valence-corrected chi connectivity index (χ4v) is 9.36. The molecule has 0 aliphatic heterocycles. The summed E-state index contributed by atoms with van der Waals surface area (Å²) in [6.45, 7) is 2.20. The highest BCUT2D eigenvalue weighted by Crippen LogP contribution is 2.43. The second-order valence-electron chi connectivity index (χ2n) is 13.9. The summed E-state index contributed by atoms with van der Waals surface area (Å²) in [6, 6.07) is 53.5. The van der Waals surface area contributed by atoms with Crippen LogP contribution in [0.5, 0.6) is 0 Å². The van der Waals surface area contributed by atoms with Crippen LogP contribution >= 0.6 is 11.3 Å². The summed E-state index contributed by atoms with van der Waals surface area (Å²) in [7, 11) is 0. The molecule has 0 saturated carbocycles. The van der Waals surface area contributed by atoms with Gasteiger partial charge in [-0.25, -0.2) is 15.0 Å². The number of hydrogen-bond donors (Lipinski definition) is 0. The molecule has 0 atom stereocenters. The van der Waals surface area contributed by atoms with Crippen molar-refractivity contribution < 1.29 is 4.42 Å². The SMILES string of the molecule is CCCc1ccc(-c2nc(-c3ccc(-n4c5ccccc5c5c6sc7ccccc7c6ccc54)cc3)nc(-c3cccc4oc5ccccc5c34)n2)cc1. The van der Waals surface area contributed by atoms with Gasteiger partial charge in [-0.3, -0.25) is 0 Å². The molecule has 11 aromatic rings. The number of furan rings is 1. The van der Waals surface area contributed by atoms with E-state index in [-0.39, 0.29) is 0 Å². The molecule has 4 aromatic heterocycles. The van der Waals surface area contributed by atoms with Gasteiger partial charge in [-0.1, -0.05) is 110 Å². The zero-order chi connectivity index (χ0) is 35.8. The van der Waals surface area contributed by atoms with Gasteiger partial charge in [-0.2, -0.15) is 0 Å². The van der Waals surface area contributed by atoms with Crippen molar-refractivity contribution in [3.63, 3.8) is 0 Å². The maximum Gasteiger partial charge on any atom is 0.164 e. The van der Waals surface area contributed by atoms with E-state index in [4.69, 9.17) is 19.4 Å². The minimum atomic E-state index is 0.614. The highest BCUT2D eigenvalue weighted by Gasteiger charge is 2.20. The molecule has 0 spiro atoms. The van der Waals surface area contributed by atoms with Gasteiger partial charge in [-0.15, -0.1) is 11.3 Å². The lowest BCUT2D eigenvalue weighted by Crippen LogP contribution is -2.01. The van der Waals surface area contributed by atoms with Gasteiger partial charge in [0.1, 0.15) is 11.2 Å². The van der Waals surface area contributed by atoms with Gasteiger partial charge in [0.25, 0.3) is 0 Å². The Hall–Kier alpha value is -6.63. The second-order valence-corrected chi connectivity index (χ2v) is 14.9. The Morgan fingerprint density at radius 3 is 1.98 bits per heavy atom. The summed E-state index contributed by atoms with van der Waals surface area (Å²) in [5.74, 6) is 1.88. The molecule has 0 radical (unpaired) electrons. The maximum absolute atomic E-state index is 6.26. The first-order valence-electron chi connectivity index (χ1n) is 18.4. The minimum Gasteiger partial charge on any atom is -0.456 e. The molecule has 7 aromatic carbocycles. The average molecular weight is 713 g/mol. The van der Waals surface area contributed by atoms with Crippen molar-refractivity contribution in [3.8, 4) is 39.9 Å². The van der Waals surface area contributed by atoms with Crippen LogP contribution in [0.3, 0.4) is 0 Å². The van der Waals surface area contributed by atoms with E-state index in [1.807, 2.05) is 41.7 Å². The zero-order valence-electron chi connectivity index (χ0n) is 29.5. The summed E-state index contributed by atoms with van der Waals surface area (Å²) in [5.41, 5.74) is 9.21. The fourth-order valence-electron chi connectivity index (χ4n) is 8.10. The first-order chi connectivity index (χ1) is 26.7. The van der Waals surface area contributed by atoms with Crippen LogP contribution in [0, 0.1) is 0 Å². The minimum absolute atomic E-state index is 0.614. The summed E-state index contributed by atoms with van der Waals surface area (Å²) < 4.78 is 11.3. The molecule has 0 aliphatic carbocycles. The third-order valence-corrected chi connectivity index (χ3v) is 11.8. The topological polar surface area (TPSA) is 56.7 Å². The molecule has 0 aliphatic rings. The lowest BCUT2D eigenvalue weighted by atomic mass is 10.0. The Balaban J connectivity index is 1.08. The molecule has 11 rings (SSSR count). The second kappa shape index (κ2) is 12.2. The van der Waals surface area contributed by atoms with Crippen LogP contribution in [0.25, 0.3) is 104 Å². The molecule has 0 N–H and O–H groups in total. The number of thiophene rings is 1. The van der Waals surface area contributed by atoms with E-state index >= 15 is 0 Å². The summed E-state index contributed by atoms with van der Waals surface area (Å²) >= 11 is 1.88. The van der Waals surface area contributed by atoms with Crippen molar-refractivity contribution in [2.45, 2.75) is 19.8 Å². The molecule has 0 amide bonds. The molecule has 4 heterocycles. The molecular weight excluding hydrogens is 681 g/mol. The molecule has 6 heteroatoms. The average Bonchev–Trinajstić information content (AvgIpc) is 3.91. The quantitative estimate of drug-likeness (QED) is 0.172. The first-order valence-corrected chi connectivity index (χ1v) is 19.2. The van der Waals surface area contributed by atoms with E-state index in [0.29, 0.717) is 17.5 Å². The lowest BCUT2D eigenvalue weighted by Gasteiger charge is -2.11. The van der Waals surface area contributed by atoms with Gasteiger partial charge in [0.05, 0.1) is 11.0 Å². The van der Waals surface area contributed by atoms with Gasteiger partial charge in [0.15, 0.2) is 17.5 Å². The Morgan fingerprint density at radius 1 is 0.519 bits per heavy atom. The highest BCUT2D eigenvalue weighted by molar-refractivity contribution is 7.26. The predicted octanol–water partition coefficient (Wildman–Crippen LogP) is 13.2. The number of benzene rings is 7.